The first-order valence-corrected chi connectivity index (χ1v) is 7.50. The van der Waals surface area contributed by atoms with E-state index < -0.39 is 6.10 Å². The third kappa shape index (κ3) is 4.03. The number of nitrogens with zero attached hydrogens (tertiary/aromatic N) is 2. The fraction of sp³-hybridized carbons (Fsp3) is 0.412. The molecule has 23 heavy (non-hydrogen) atoms. The summed E-state index contributed by atoms with van der Waals surface area (Å²) in [5, 5.41) is 7.15. The molecule has 0 fully saturated rings. The Morgan fingerprint density at radius 1 is 1.30 bits per heavy atom. The van der Waals surface area contributed by atoms with Crippen LogP contribution in [-0.4, -0.2) is 28.9 Å². The summed E-state index contributed by atoms with van der Waals surface area (Å²) in [6.45, 7) is 5.96. The van der Waals surface area contributed by atoms with Crippen molar-refractivity contribution in [2.45, 2.75) is 33.4 Å². The highest BCUT2D eigenvalue weighted by Gasteiger charge is 2.18. The number of methoxy groups -OCH3 is 1. The molecule has 6 heteroatoms. The van der Waals surface area contributed by atoms with Crippen LogP contribution in [0.1, 0.15) is 23.7 Å². The first-order chi connectivity index (χ1) is 10.9. The summed E-state index contributed by atoms with van der Waals surface area (Å²) in [5.74, 6) is 1.14. The van der Waals surface area contributed by atoms with Crippen molar-refractivity contribution in [3.05, 3.63) is 41.1 Å². The average molecular weight is 317 g/mol. The van der Waals surface area contributed by atoms with E-state index in [1.54, 1.807) is 25.8 Å². The molecule has 1 aromatic heterocycles. The number of amides is 1. The number of aryl methyl sites for hydroxylation is 3. The van der Waals surface area contributed by atoms with Crippen molar-refractivity contribution in [3.63, 3.8) is 0 Å². The predicted molar refractivity (Wildman–Crippen MR) is 87.6 cm³/mol. The molecule has 0 bridgehead atoms. The van der Waals surface area contributed by atoms with Gasteiger partial charge in [0.05, 0.1) is 24.9 Å². The van der Waals surface area contributed by atoms with E-state index >= 15 is 0 Å². The summed E-state index contributed by atoms with van der Waals surface area (Å²) >= 11 is 0. The molecular weight excluding hydrogens is 294 g/mol. The van der Waals surface area contributed by atoms with Gasteiger partial charge in [-0.1, -0.05) is 17.7 Å². The Kier molecular flexibility index (Phi) is 5.26. The molecule has 6 nitrogen and oxygen atoms in total. The molecule has 0 aliphatic heterocycles. The van der Waals surface area contributed by atoms with Crippen molar-refractivity contribution in [3.8, 4) is 11.6 Å². The van der Waals surface area contributed by atoms with E-state index in [2.05, 4.69) is 10.4 Å². The molecule has 1 amide bonds. The van der Waals surface area contributed by atoms with Gasteiger partial charge in [0.15, 0.2) is 6.10 Å². The molecule has 0 radical (unpaired) electrons. The van der Waals surface area contributed by atoms with Crippen molar-refractivity contribution in [1.29, 1.82) is 0 Å². The van der Waals surface area contributed by atoms with Crippen LogP contribution >= 0.6 is 0 Å². The van der Waals surface area contributed by atoms with Crippen LogP contribution < -0.4 is 14.8 Å². The molecule has 1 heterocycles. The number of ether oxygens (including phenoxy) is 2. The molecule has 0 aliphatic carbocycles. The Morgan fingerprint density at radius 2 is 1.96 bits per heavy atom. The van der Waals surface area contributed by atoms with E-state index in [4.69, 9.17) is 9.47 Å². The fourth-order valence-corrected chi connectivity index (χ4v) is 2.33. The fourth-order valence-electron chi connectivity index (χ4n) is 2.33. The topological polar surface area (TPSA) is 65.4 Å². The van der Waals surface area contributed by atoms with E-state index in [-0.39, 0.29) is 5.91 Å². The SMILES string of the molecule is COc1c(CNC(=O)[C@@H](C)Oc2ccc(C)cc2)c(C)nn1C. The Bertz CT molecular complexity index is 677. The highest BCUT2D eigenvalue weighted by molar-refractivity contribution is 5.80. The lowest BCUT2D eigenvalue weighted by atomic mass is 10.2. The summed E-state index contributed by atoms with van der Waals surface area (Å²) in [7, 11) is 3.39. The van der Waals surface area contributed by atoms with Gasteiger partial charge in [-0.15, -0.1) is 0 Å². The van der Waals surface area contributed by atoms with Gasteiger partial charge in [-0.2, -0.15) is 5.10 Å². The Morgan fingerprint density at radius 3 is 2.57 bits per heavy atom. The summed E-state index contributed by atoms with van der Waals surface area (Å²) < 4.78 is 12.6. The maximum atomic E-state index is 12.2. The smallest absolute Gasteiger partial charge is 0.261 e. The Hall–Kier alpha value is -2.50. The highest BCUT2D eigenvalue weighted by Crippen LogP contribution is 2.20. The molecule has 2 aromatic rings. The number of benzene rings is 1. The van der Waals surface area contributed by atoms with Gasteiger partial charge < -0.3 is 14.8 Å². The molecular formula is C17H23N3O3. The van der Waals surface area contributed by atoms with Gasteiger partial charge in [-0.3, -0.25) is 4.79 Å². The normalized spacial score (nSPS) is 11.9. The summed E-state index contributed by atoms with van der Waals surface area (Å²) in [6.07, 6.45) is -0.583. The largest absolute Gasteiger partial charge is 0.481 e. The van der Waals surface area contributed by atoms with Gasteiger partial charge in [0.2, 0.25) is 5.88 Å². The lowest BCUT2D eigenvalue weighted by Gasteiger charge is -2.15. The molecule has 1 N–H and O–H groups in total. The van der Waals surface area contributed by atoms with Gasteiger partial charge in [0.25, 0.3) is 5.91 Å². The van der Waals surface area contributed by atoms with Crippen LogP contribution in [0.25, 0.3) is 0 Å². The van der Waals surface area contributed by atoms with Crippen LogP contribution in [0.15, 0.2) is 24.3 Å². The van der Waals surface area contributed by atoms with Crippen molar-refractivity contribution in [1.82, 2.24) is 15.1 Å². The van der Waals surface area contributed by atoms with Crippen molar-refractivity contribution < 1.29 is 14.3 Å². The maximum Gasteiger partial charge on any atom is 0.261 e. The lowest BCUT2D eigenvalue weighted by molar-refractivity contribution is -0.127. The quantitative estimate of drug-likeness (QED) is 0.886. The first kappa shape index (κ1) is 16.9. The van der Waals surface area contributed by atoms with Crippen LogP contribution in [0, 0.1) is 13.8 Å². The second kappa shape index (κ2) is 7.17. The van der Waals surface area contributed by atoms with Gasteiger partial charge in [-0.25, -0.2) is 4.68 Å². The van der Waals surface area contributed by atoms with Gasteiger partial charge in [0.1, 0.15) is 5.75 Å². The minimum atomic E-state index is -0.583. The molecule has 1 aromatic carbocycles. The lowest BCUT2D eigenvalue weighted by Crippen LogP contribution is -2.36. The van der Waals surface area contributed by atoms with Crippen LogP contribution in [0.2, 0.25) is 0 Å². The number of hydrogen-bond donors (Lipinski definition) is 1. The molecule has 1 atom stereocenters. The average Bonchev–Trinajstić information content (AvgIpc) is 2.80. The van der Waals surface area contributed by atoms with Crippen molar-refractivity contribution >= 4 is 5.91 Å². The summed E-state index contributed by atoms with van der Waals surface area (Å²) in [5.41, 5.74) is 2.84. The highest BCUT2D eigenvalue weighted by atomic mass is 16.5. The third-order valence-electron chi connectivity index (χ3n) is 3.62. The number of rotatable bonds is 6. The number of nitrogens with one attached hydrogen (secondary N) is 1. The number of carbonyl (C=O) groups excluding carboxylic acids is 1. The molecule has 124 valence electrons. The standard InChI is InChI=1S/C17H23N3O3/c1-11-6-8-14(9-7-11)23-13(3)16(21)18-10-15-12(2)19-20(4)17(15)22-5/h6-9,13H,10H2,1-5H3,(H,18,21)/t13-/m1/s1. The number of carbonyl (C=O) groups is 1. The molecule has 2 rings (SSSR count). The molecule has 0 spiro atoms. The Balaban J connectivity index is 1.95. The van der Waals surface area contributed by atoms with Crippen molar-refractivity contribution in [2.75, 3.05) is 7.11 Å². The maximum absolute atomic E-state index is 12.2. The third-order valence-corrected chi connectivity index (χ3v) is 3.62. The zero-order chi connectivity index (χ0) is 17.0. The van der Waals surface area contributed by atoms with Crippen LogP contribution in [0.5, 0.6) is 11.6 Å². The molecule has 0 unspecified atom stereocenters. The van der Waals surface area contributed by atoms with Gasteiger partial charge in [0, 0.05) is 7.05 Å². The summed E-state index contributed by atoms with van der Waals surface area (Å²) in [6, 6.07) is 7.61. The zero-order valence-electron chi connectivity index (χ0n) is 14.2. The Labute approximate surface area is 136 Å². The number of hydrogen-bond acceptors (Lipinski definition) is 4. The molecule has 0 aliphatic rings. The molecule has 0 saturated heterocycles. The number of aromatic nitrogens is 2. The summed E-state index contributed by atoms with van der Waals surface area (Å²) in [4.78, 5) is 12.2. The van der Waals surface area contributed by atoms with E-state index in [0.717, 1.165) is 16.8 Å². The monoisotopic (exact) mass is 317 g/mol. The van der Waals surface area contributed by atoms with Crippen molar-refractivity contribution in [2.24, 2.45) is 7.05 Å². The van der Waals surface area contributed by atoms with E-state index in [1.165, 1.54) is 0 Å². The van der Waals surface area contributed by atoms with Gasteiger partial charge >= 0.3 is 0 Å². The van der Waals surface area contributed by atoms with Crippen LogP contribution in [-0.2, 0) is 18.4 Å². The minimum absolute atomic E-state index is 0.184. The molecule has 0 saturated carbocycles. The van der Waals surface area contributed by atoms with Crippen LogP contribution in [0.3, 0.4) is 0 Å². The minimum Gasteiger partial charge on any atom is -0.481 e. The first-order valence-electron chi connectivity index (χ1n) is 7.50. The van der Waals surface area contributed by atoms with Crippen LogP contribution in [0.4, 0.5) is 0 Å². The van der Waals surface area contributed by atoms with E-state index in [1.807, 2.05) is 38.1 Å². The predicted octanol–water partition coefficient (Wildman–Crippen LogP) is 2.13. The van der Waals surface area contributed by atoms with E-state index in [9.17, 15) is 4.79 Å². The zero-order valence-corrected chi connectivity index (χ0v) is 14.2. The second-order valence-electron chi connectivity index (χ2n) is 5.49. The van der Waals surface area contributed by atoms with E-state index in [0.29, 0.717) is 18.2 Å². The van der Waals surface area contributed by atoms with Gasteiger partial charge in [-0.05, 0) is 32.9 Å². The second-order valence-corrected chi connectivity index (χ2v) is 5.49.